The van der Waals surface area contributed by atoms with E-state index in [1.165, 1.54) is 0 Å². The first-order valence-electron chi connectivity index (χ1n) is 5.42. The van der Waals surface area contributed by atoms with Crippen LogP contribution in [0.2, 0.25) is 0 Å². The summed E-state index contributed by atoms with van der Waals surface area (Å²) in [7, 11) is 0. The van der Waals surface area contributed by atoms with Crippen LogP contribution in [0.25, 0.3) is 0 Å². The molecule has 1 aromatic carbocycles. The monoisotopic (exact) mass is 285 g/mol. The van der Waals surface area contributed by atoms with Gasteiger partial charge in [0.25, 0.3) is 5.69 Å². The van der Waals surface area contributed by atoms with Crippen molar-refractivity contribution >= 4 is 21.6 Å². The second kappa shape index (κ2) is 5.99. The van der Waals surface area contributed by atoms with Crippen molar-refractivity contribution in [1.82, 2.24) is 0 Å². The number of nitro benzene ring substituents is 1. The summed E-state index contributed by atoms with van der Waals surface area (Å²) in [6.45, 7) is 4.30. The second-order valence-corrected chi connectivity index (χ2v) is 5.42. The van der Waals surface area contributed by atoms with Crippen LogP contribution in [0.1, 0.15) is 25.8 Å². The van der Waals surface area contributed by atoms with Crippen LogP contribution in [0.3, 0.4) is 0 Å². The third-order valence-corrected chi connectivity index (χ3v) is 3.57. The Morgan fingerprint density at radius 3 is 2.31 bits per heavy atom. The zero-order valence-corrected chi connectivity index (χ0v) is 11.1. The first-order chi connectivity index (χ1) is 7.54. The number of nitrogens with zero attached hydrogens (tertiary/aromatic N) is 1. The summed E-state index contributed by atoms with van der Waals surface area (Å²) in [5.41, 5.74) is 1.31. The first kappa shape index (κ1) is 13.2. The van der Waals surface area contributed by atoms with Crippen molar-refractivity contribution in [3.8, 4) is 0 Å². The zero-order chi connectivity index (χ0) is 12.1. The van der Waals surface area contributed by atoms with Gasteiger partial charge in [-0.2, -0.15) is 0 Å². The molecule has 0 aliphatic rings. The molecule has 16 heavy (non-hydrogen) atoms. The highest BCUT2D eigenvalue weighted by Crippen LogP contribution is 2.22. The standard InChI is InChI=1S/C12H16BrNO2/c1-3-11(9(2)13)8-10-4-6-12(7-5-10)14(15)16/h4-7,9,11H,3,8H2,1-2H3. The Hall–Kier alpha value is -0.900. The molecule has 3 nitrogen and oxygen atoms in total. The van der Waals surface area contributed by atoms with E-state index in [0.29, 0.717) is 10.7 Å². The molecule has 1 aromatic rings. The van der Waals surface area contributed by atoms with Crippen molar-refractivity contribution in [2.45, 2.75) is 31.5 Å². The lowest BCUT2D eigenvalue weighted by Crippen LogP contribution is -2.12. The smallest absolute Gasteiger partial charge is 0.258 e. The lowest BCUT2D eigenvalue weighted by molar-refractivity contribution is -0.384. The van der Waals surface area contributed by atoms with Crippen LogP contribution in [0.4, 0.5) is 5.69 Å². The van der Waals surface area contributed by atoms with E-state index in [-0.39, 0.29) is 10.6 Å². The average Bonchev–Trinajstić information content (AvgIpc) is 2.26. The van der Waals surface area contributed by atoms with Gasteiger partial charge in [0, 0.05) is 17.0 Å². The third-order valence-electron chi connectivity index (χ3n) is 2.82. The molecule has 0 heterocycles. The number of nitro groups is 1. The van der Waals surface area contributed by atoms with Crippen LogP contribution in [-0.2, 0) is 6.42 Å². The lowest BCUT2D eigenvalue weighted by Gasteiger charge is -2.17. The van der Waals surface area contributed by atoms with Gasteiger partial charge >= 0.3 is 0 Å². The Labute approximate surface area is 104 Å². The molecule has 0 saturated heterocycles. The van der Waals surface area contributed by atoms with Gasteiger partial charge in [-0.3, -0.25) is 10.1 Å². The van der Waals surface area contributed by atoms with Crippen LogP contribution in [0, 0.1) is 16.0 Å². The average molecular weight is 286 g/mol. The molecule has 2 atom stereocenters. The number of non-ortho nitro benzene ring substituents is 1. The van der Waals surface area contributed by atoms with Gasteiger partial charge in [0.2, 0.25) is 0 Å². The molecule has 0 aliphatic carbocycles. The highest BCUT2D eigenvalue weighted by atomic mass is 79.9. The van der Waals surface area contributed by atoms with Gasteiger partial charge in [-0.25, -0.2) is 0 Å². The molecule has 0 radical (unpaired) electrons. The largest absolute Gasteiger partial charge is 0.269 e. The van der Waals surface area contributed by atoms with E-state index in [1.54, 1.807) is 12.1 Å². The van der Waals surface area contributed by atoms with E-state index < -0.39 is 0 Å². The molecule has 0 saturated carbocycles. The van der Waals surface area contributed by atoms with Gasteiger partial charge in [-0.1, -0.05) is 48.3 Å². The number of hydrogen-bond donors (Lipinski definition) is 0. The van der Waals surface area contributed by atoms with E-state index in [1.807, 2.05) is 12.1 Å². The Balaban J connectivity index is 2.71. The van der Waals surface area contributed by atoms with Crippen LogP contribution in [0.5, 0.6) is 0 Å². The van der Waals surface area contributed by atoms with Crippen molar-refractivity contribution in [3.05, 3.63) is 39.9 Å². The summed E-state index contributed by atoms with van der Waals surface area (Å²) >= 11 is 3.59. The minimum atomic E-state index is -0.367. The lowest BCUT2D eigenvalue weighted by atomic mass is 9.94. The molecule has 88 valence electrons. The van der Waals surface area contributed by atoms with Crippen LogP contribution in [0.15, 0.2) is 24.3 Å². The molecular weight excluding hydrogens is 270 g/mol. The maximum atomic E-state index is 10.5. The van der Waals surface area contributed by atoms with Gasteiger partial charge < -0.3 is 0 Å². The fraction of sp³-hybridized carbons (Fsp3) is 0.500. The molecule has 0 N–H and O–H groups in total. The maximum Gasteiger partial charge on any atom is 0.269 e. The summed E-state index contributed by atoms with van der Waals surface area (Å²) in [4.78, 5) is 10.6. The Morgan fingerprint density at radius 1 is 1.38 bits per heavy atom. The predicted octanol–water partition coefficient (Wildman–Crippen LogP) is 3.95. The number of alkyl halides is 1. The van der Waals surface area contributed by atoms with Crippen molar-refractivity contribution in [2.24, 2.45) is 5.92 Å². The SMILES string of the molecule is CCC(Cc1ccc([N+](=O)[O-])cc1)C(C)Br. The number of halogens is 1. The van der Waals surface area contributed by atoms with Crippen molar-refractivity contribution in [1.29, 1.82) is 0 Å². The van der Waals surface area contributed by atoms with Crippen molar-refractivity contribution < 1.29 is 4.92 Å². The highest BCUT2D eigenvalue weighted by molar-refractivity contribution is 9.09. The van der Waals surface area contributed by atoms with E-state index in [0.717, 1.165) is 18.4 Å². The van der Waals surface area contributed by atoms with E-state index in [9.17, 15) is 10.1 Å². The van der Waals surface area contributed by atoms with Crippen molar-refractivity contribution in [2.75, 3.05) is 0 Å². The highest BCUT2D eigenvalue weighted by Gasteiger charge is 2.13. The minimum absolute atomic E-state index is 0.156. The quantitative estimate of drug-likeness (QED) is 0.467. The van der Waals surface area contributed by atoms with Gasteiger partial charge in [-0.05, 0) is 17.9 Å². The molecule has 0 fully saturated rings. The third kappa shape index (κ3) is 3.59. The summed E-state index contributed by atoms with van der Waals surface area (Å²) in [6.07, 6.45) is 2.06. The van der Waals surface area contributed by atoms with Gasteiger partial charge in [0.1, 0.15) is 0 Å². The first-order valence-corrected chi connectivity index (χ1v) is 6.33. The van der Waals surface area contributed by atoms with E-state index in [2.05, 4.69) is 29.8 Å². The summed E-state index contributed by atoms with van der Waals surface area (Å²) in [5.74, 6) is 0.571. The molecular formula is C12H16BrNO2. The van der Waals surface area contributed by atoms with Gasteiger partial charge in [-0.15, -0.1) is 0 Å². The maximum absolute atomic E-state index is 10.5. The summed E-state index contributed by atoms with van der Waals surface area (Å²) in [5, 5.41) is 10.5. The number of rotatable bonds is 5. The molecule has 0 aromatic heterocycles. The second-order valence-electron chi connectivity index (χ2n) is 3.97. The van der Waals surface area contributed by atoms with Crippen LogP contribution >= 0.6 is 15.9 Å². The molecule has 4 heteroatoms. The molecule has 0 amide bonds. The molecule has 0 bridgehead atoms. The predicted molar refractivity (Wildman–Crippen MR) is 69.0 cm³/mol. The van der Waals surface area contributed by atoms with E-state index in [4.69, 9.17) is 0 Å². The minimum Gasteiger partial charge on any atom is -0.258 e. The van der Waals surface area contributed by atoms with Gasteiger partial charge in [0.05, 0.1) is 4.92 Å². The van der Waals surface area contributed by atoms with E-state index >= 15 is 0 Å². The zero-order valence-electron chi connectivity index (χ0n) is 9.52. The van der Waals surface area contributed by atoms with Crippen LogP contribution in [-0.4, -0.2) is 9.75 Å². The Bertz CT molecular complexity index is 349. The summed E-state index contributed by atoms with van der Waals surface area (Å²) < 4.78 is 0. The fourth-order valence-electron chi connectivity index (χ4n) is 1.69. The molecule has 0 aliphatic heterocycles. The Kier molecular flexibility index (Phi) is 4.93. The molecule has 2 unspecified atom stereocenters. The molecule has 0 spiro atoms. The topological polar surface area (TPSA) is 43.1 Å². The Morgan fingerprint density at radius 2 is 1.94 bits per heavy atom. The fourth-order valence-corrected chi connectivity index (χ4v) is 2.25. The summed E-state index contributed by atoms with van der Waals surface area (Å²) in [6, 6.07) is 6.83. The van der Waals surface area contributed by atoms with Gasteiger partial charge in [0.15, 0.2) is 0 Å². The van der Waals surface area contributed by atoms with Crippen LogP contribution < -0.4 is 0 Å². The normalized spacial score (nSPS) is 14.4. The molecule has 1 rings (SSSR count). The van der Waals surface area contributed by atoms with Crippen molar-refractivity contribution in [3.63, 3.8) is 0 Å². The number of benzene rings is 1. The number of hydrogen-bond acceptors (Lipinski definition) is 2.